The maximum Gasteiger partial charge on any atom is 0.192 e. The highest BCUT2D eigenvalue weighted by Gasteiger charge is 2.38. The number of hydrogen-bond acceptors (Lipinski definition) is 3. The van der Waals surface area contributed by atoms with Gasteiger partial charge in [0.25, 0.3) is 0 Å². The van der Waals surface area contributed by atoms with Gasteiger partial charge in [-0.25, -0.2) is 0 Å². The zero-order valence-corrected chi connectivity index (χ0v) is 12.3. The Labute approximate surface area is 100 Å². The van der Waals surface area contributed by atoms with Gasteiger partial charge in [-0.05, 0) is 25.1 Å². The second-order valence-electron chi connectivity index (χ2n) is 5.48. The van der Waals surface area contributed by atoms with Gasteiger partial charge < -0.3 is 9.63 Å². The predicted molar refractivity (Wildman–Crippen MR) is 71.8 cm³/mol. The molecule has 0 bridgehead atoms. The molecule has 1 atom stereocenters. The summed E-state index contributed by atoms with van der Waals surface area (Å²) < 4.78 is 6.19. The fourth-order valence-corrected chi connectivity index (χ4v) is 2.37. The summed E-state index contributed by atoms with van der Waals surface area (Å²) in [6.07, 6.45) is 6.11. The molecule has 0 radical (unpaired) electrons. The van der Waals surface area contributed by atoms with Crippen LogP contribution in [0, 0.1) is 0 Å². The molecule has 0 heterocycles. The summed E-state index contributed by atoms with van der Waals surface area (Å²) in [5.74, 6) is 0. The van der Waals surface area contributed by atoms with E-state index in [0.29, 0.717) is 6.42 Å². The zero-order chi connectivity index (χ0) is 12.8. The topological polar surface area (TPSA) is 41.8 Å². The van der Waals surface area contributed by atoms with Gasteiger partial charge >= 0.3 is 0 Å². The van der Waals surface area contributed by atoms with Crippen LogP contribution in [0.2, 0.25) is 18.1 Å². The highest BCUT2D eigenvalue weighted by Crippen LogP contribution is 2.37. The second-order valence-corrected chi connectivity index (χ2v) is 10.2. The van der Waals surface area contributed by atoms with Crippen molar-refractivity contribution >= 4 is 14.5 Å². The molecule has 1 unspecified atom stereocenters. The Hall–Kier alpha value is -0.613. The monoisotopic (exact) mass is 243 g/mol. The lowest BCUT2D eigenvalue weighted by Gasteiger charge is -2.38. The number of allylic oxidation sites excluding steroid dienone is 1. The Balaban J connectivity index is 4.61. The molecule has 4 heteroatoms. The summed E-state index contributed by atoms with van der Waals surface area (Å²) in [6, 6.07) is 0. The molecule has 0 saturated carbocycles. The number of oxime groups is 1. The van der Waals surface area contributed by atoms with Crippen LogP contribution in [0.3, 0.4) is 0 Å². The van der Waals surface area contributed by atoms with Gasteiger partial charge in [-0.1, -0.05) is 32.9 Å². The predicted octanol–water partition coefficient (Wildman–Crippen LogP) is 3.80. The molecule has 0 aromatic carbocycles. The van der Waals surface area contributed by atoms with E-state index in [1.54, 1.807) is 0 Å². The van der Waals surface area contributed by atoms with Gasteiger partial charge in [0.15, 0.2) is 8.32 Å². The zero-order valence-electron chi connectivity index (χ0n) is 11.3. The van der Waals surface area contributed by atoms with Crippen molar-refractivity contribution in [1.82, 2.24) is 0 Å². The molecule has 0 aromatic rings. The first kappa shape index (κ1) is 15.4. The lowest BCUT2D eigenvalue weighted by molar-refractivity contribution is 0.231. The van der Waals surface area contributed by atoms with Crippen LogP contribution in [0.4, 0.5) is 0 Å². The number of nitrogens with zero attached hydrogens (tertiary/aromatic N) is 1. The van der Waals surface area contributed by atoms with Crippen LogP contribution in [0.1, 0.15) is 34.1 Å². The summed E-state index contributed by atoms with van der Waals surface area (Å²) in [6.45, 7) is 13.1. The minimum absolute atomic E-state index is 0.0155. The van der Waals surface area contributed by atoms with E-state index < -0.39 is 8.32 Å². The molecule has 0 spiro atoms. The Bertz CT molecular complexity index is 254. The average Bonchev–Trinajstić information content (AvgIpc) is 2.12. The van der Waals surface area contributed by atoms with Gasteiger partial charge in [0.2, 0.25) is 0 Å². The molecule has 94 valence electrons. The standard InChI is InChI=1S/C12H25NO2Si/c1-7-8-11(9-10-13-14)15-16(5,6)12(2,3)4/h7-8,10-11,14H,9H2,1-6H3/b8-7+,13-10+. The van der Waals surface area contributed by atoms with Crippen molar-refractivity contribution < 1.29 is 9.63 Å². The Morgan fingerprint density at radius 1 is 1.38 bits per heavy atom. The molecular weight excluding hydrogens is 218 g/mol. The Kier molecular flexibility index (Phi) is 5.97. The largest absolute Gasteiger partial charge is 0.411 e. The molecule has 1 N–H and O–H groups in total. The van der Waals surface area contributed by atoms with E-state index in [0.717, 1.165) is 0 Å². The van der Waals surface area contributed by atoms with Crippen LogP contribution in [0.5, 0.6) is 0 Å². The van der Waals surface area contributed by atoms with E-state index in [2.05, 4.69) is 39.0 Å². The van der Waals surface area contributed by atoms with Gasteiger partial charge in [-0.2, -0.15) is 0 Å². The molecule has 0 saturated heterocycles. The quantitative estimate of drug-likeness (QED) is 0.262. The Morgan fingerprint density at radius 2 is 1.94 bits per heavy atom. The molecule has 3 nitrogen and oxygen atoms in total. The number of rotatable bonds is 5. The van der Waals surface area contributed by atoms with Crippen molar-refractivity contribution in [2.24, 2.45) is 5.16 Å². The summed E-state index contributed by atoms with van der Waals surface area (Å²) in [5, 5.41) is 11.7. The molecule has 0 aromatic heterocycles. The van der Waals surface area contributed by atoms with E-state index in [4.69, 9.17) is 9.63 Å². The van der Waals surface area contributed by atoms with E-state index in [1.165, 1.54) is 6.21 Å². The third kappa shape index (κ3) is 4.94. The summed E-state index contributed by atoms with van der Waals surface area (Å²) in [4.78, 5) is 0. The fourth-order valence-electron chi connectivity index (χ4n) is 1.09. The fraction of sp³-hybridized carbons (Fsp3) is 0.750. The van der Waals surface area contributed by atoms with Gasteiger partial charge in [0, 0.05) is 12.6 Å². The molecule has 0 fully saturated rings. The van der Waals surface area contributed by atoms with Crippen molar-refractivity contribution in [2.75, 3.05) is 0 Å². The highest BCUT2D eigenvalue weighted by atomic mass is 28.4. The van der Waals surface area contributed by atoms with Crippen LogP contribution >= 0.6 is 0 Å². The maximum atomic E-state index is 8.44. The van der Waals surface area contributed by atoms with Crippen LogP contribution < -0.4 is 0 Å². The van der Waals surface area contributed by atoms with E-state index in [1.807, 2.05) is 19.1 Å². The second kappa shape index (κ2) is 6.20. The first-order valence-electron chi connectivity index (χ1n) is 5.71. The van der Waals surface area contributed by atoms with Gasteiger partial charge in [0.05, 0.1) is 6.10 Å². The van der Waals surface area contributed by atoms with Gasteiger partial charge in [0.1, 0.15) is 0 Å². The minimum Gasteiger partial charge on any atom is -0.411 e. The summed E-state index contributed by atoms with van der Waals surface area (Å²) >= 11 is 0. The normalized spacial score (nSPS) is 16.1. The Morgan fingerprint density at radius 3 is 2.31 bits per heavy atom. The lowest BCUT2D eigenvalue weighted by atomic mass is 10.2. The molecule has 0 rings (SSSR count). The van der Waals surface area contributed by atoms with Crippen LogP contribution in [-0.4, -0.2) is 25.8 Å². The van der Waals surface area contributed by atoms with Gasteiger partial charge in [-0.15, -0.1) is 5.16 Å². The van der Waals surface area contributed by atoms with Crippen LogP contribution in [0.15, 0.2) is 17.3 Å². The summed E-state index contributed by atoms with van der Waals surface area (Å²) in [7, 11) is -1.75. The summed E-state index contributed by atoms with van der Waals surface area (Å²) in [5.41, 5.74) is 0. The van der Waals surface area contributed by atoms with Crippen LogP contribution in [-0.2, 0) is 4.43 Å². The third-order valence-electron chi connectivity index (χ3n) is 3.08. The van der Waals surface area contributed by atoms with Crippen molar-refractivity contribution in [3.05, 3.63) is 12.2 Å². The van der Waals surface area contributed by atoms with Crippen LogP contribution in [0.25, 0.3) is 0 Å². The third-order valence-corrected chi connectivity index (χ3v) is 7.58. The van der Waals surface area contributed by atoms with E-state index >= 15 is 0 Å². The van der Waals surface area contributed by atoms with Crippen molar-refractivity contribution in [3.8, 4) is 0 Å². The molecule has 16 heavy (non-hydrogen) atoms. The molecule has 0 aliphatic carbocycles. The molecule has 0 amide bonds. The lowest BCUT2D eigenvalue weighted by Crippen LogP contribution is -2.43. The van der Waals surface area contributed by atoms with Crippen molar-refractivity contribution in [2.45, 2.75) is 58.4 Å². The van der Waals surface area contributed by atoms with Gasteiger partial charge in [-0.3, -0.25) is 0 Å². The first-order valence-corrected chi connectivity index (χ1v) is 8.62. The molecule has 0 aliphatic heterocycles. The smallest absolute Gasteiger partial charge is 0.192 e. The van der Waals surface area contributed by atoms with E-state index in [-0.39, 0.29) is 11.1 Å². The molecular formula is C12H25NO2Si. The van der Waals surface area contributed by atoms with Crippen molar-refractivity contribution in [3.63, 3.8) is 0 Å². The maximum absolute atomic E-state index is 8.44. The first-order chi connectivity index (χ1) is 7.24. The highest BCUT2D eigenvalue weighted by molar-refractivity contribution is 6.74. The average molecular weight is 243 g/mol. The number of hydrogen-bond donors (Lipinski definition) is 1. The minimum atomic E-state index is -1.75. The molecule has 0 aliphatic rings. The van der Waals surface area contributed by atoms with E-state index in [9.17, 15) is 0 Å². The SMILES string of the molecule is C/C=C/C(C/C=N/O)O[Si](C)(C)C(C)(C)C. The van der Waals surface area contributed by atoms with Crippen molar-refractivity contribution in [1.29, 1.82) is 0 Å².